The molecule has 2 atom stereocenters. The lowest BCUT2D eigenvalue weighted by Gasteiger charge is -2.17. The second kappa shape index (κ2) is 6.72. The van der Waals surface area contributed by atoms with Gasteiger partial charge in [-0.25, -0.2) is 4.98 Å². The third kappa shape index (κ3) is 3.23. The molecule has 4 rings (SSSR count). The number of imidazole rings is 1. The Labute approximate surface area is 150 Å². The fraction of sp³-hybridized carbons (Fsp3) is 0.333. The van der Waals surface area contributed by atoms with Crippen molar-refractivity contribution >= 4 is 17.3 Å². The zero-order chi connectivity index (χ0) is 18.1. The molecule has 0 spiro atoms. The molecule has 0 bridgehead atoms. The SMILES string of the molecule is CC1CN(Cc2ccccc2)CC1Nc1ccc2ncc([N+](=O)[O-])n2n1. The van der Waals surface area contributed by atoms with E-state index in [1.807, 2.05) is 12.1 Å². The fourth-order valence-corrected chi connectivity index (χ4v) is 3.48. The molecule has 1 fully saturated rings. The van der Waals surface area contributed by atoms with Crippen molar-refractivity contribution < 1.29 is 4.92 Å². The van der Waals surface area contributed by atoms with Gasteiger partial charge in [0.05, 0.1) is 0 Å². The fourth-order valence-electron chi connectivity index (χ4n) is 3.48. The Bertz CT molecular complexity index is 926. The molecule has 0 radical (unpaired) electrons. The van der Waals surface area contributed by atoms with Crippen molar-refractivity contribution in [3.63, 3.8) is 0 Å². The van der Waals surface area contributed by atoms with Crippen molar-refractivity contribution in [3.8, 4) is 0 Å². The number of hydrogen-bond acceptors (Lipinski definition) is 6. The van der Waals surface area contributed by atoms with Gasteiger partial charge in [0.25, 0.3) is 0 Å². The van der Waals surface area contributed by atoms with E-state index in [1.54, 1.807) is 6.07 Å². The first kappa shape index (κ1) is 16.5. The van der Waals surface area contributed by atoms with E-state index in [4.69, 9.17) is 0 Å². The van der Waals surface area contributed by atoms with Gasteiger partial charge in [-0.1, -0.05) is 46.9 Å². The first-order valence-corrected chi connectivity index (χ1v) is 8.62. The highest BCUT2D eigenvalue weighted by atomic mass is 16.6. The van der Waals surface area contributed by atoms with Crippen LogP contribution in [0.5, 0.6) is 0 Å². The molecule has 1 aliphatic heterocycles. The van der Waals surface area contributed by atoms with Crippen LogP contribution in [0.3, 0.4) is 0 Å². The van der Waals surface area contributed by atoms with E-state index in [2.05, 4.69) is 51.5 Å². The number of fused-ring (bicyclic) bond motifs is 1. The number of nitro groups is 1. The first-order chi connectivity index (χ1) is 12.6. The van der Waals surface area contributed by atoms with Crippen molar-refractivity contribution in [1.29, 1.82) is 0 Å². The van der Waals surface area contributed by atoms with Gasteiger partial charge in [0.15, 0.2) is 5.82 Å². The molecule has 8 nitrogen and oxygen atoms in total. The van der Waals surface area contributed by atoms with Crippen LogP contribution in [0, 0.1) is 16.0 Å². The summed E-state index contributed by atoms with van der Waals surface area (Å²) in [4.78, 5) is 17.0. The Morgan fingerprint density at radius 1 is 1.23 bits per heavy atom. The standard InChI is InChI=1S/C18H20N6O2/c1-13-10-22(11-14-5-3-2-4-6-14)12-15(13)20-16-7-8-17-19-9-18(24(25)26)23(17)21-16/h2-9,13,15H,10-12H2,1H3,(H,20,21). The maximum atomic E-state index is 11.1. The van der Waals surface area contributed by atoms with Gasteiger partial charge in [-0.2, -0.15) is 0 Å². The maximum absolute atomic E-state index is 11.1. The molecule has 3 aromatic rings. The summed E-state index contributed by atoms with van der Waals surface area (Å²) in [6.45, 7) is 5.03. The van der Waals surface area contributed by atoms with Crippen LogP contribution < -0.4 is 5.32 Å². The van der Waals surface area contributed by atoms with Crippen molar-refractivity contribution in [2.75, 3.05) is 18.4 Å². The van der Waals surface area contributed by atoms with Gasteiger partial charge >= 0.3 is 5.82 Å². The molecule has 2 aromatic heterocycles. The summed E-state index contributed by atoms with van der Waals surface area (Å²) in [6, 6.07) is 14.2. The third-order valence-electron chi connectivity index (χ3n) is 4.80. The lowest BCUT2D eigenvalue weighted by Crippen LogP contribution is -2.28. The molecule has 26 heavy (non-hydrogen) atoms. The average Bonchev–Trinajstić information content (AvgIpc) is 3.19. The van der Waals surface area contributed by atoms with E-state index in [0.717, 1.165) is 19.6 Å². The predicted molar refractivity (Wildman–Crippen MR) is 97.9 cm³/mol. The average molecular weight is 352 g/mol. The summed E-state index contributed by atoms with van der Waals surface area (Å²) in [5.74, 6) is 0.944. The number of anilines is 1. The van der Waals surface area contributed by atoms with Crippen LogP contribution in [-0.2, 0) is 6.54 Å². The molecule has 134 valence electrons. The van der Waals surface area contributed by atoms with Crippen LogP contribution in [0.1, 0.15) is 12.5 Å². The molecule has 1 N–H and O–H groups in total. The zero-order valence-electron chi connectivity index (χ0n) is 14.4. The molecule has 1 aliphatic rings. The van der Waals surface area contributed by atoms with E-state index in [-0.39, 0.29) is 11.9 Å². The quantitative estimate of drug-likeness (QED) is 0.561. The topological polar surface area (TPSA) is 88.6 Å². The summed E-state index contributed by atoms with van der Waals surface area (Å²) in [5.41, 5.74) is 1.77. The highest BCUT2D eigenvalue weighted by molar-refractivity contribution is 5.48. The zero-order valence-corrected chi connectivity index (χ0v) is 14.4. The van der Waals surface area contributed by atoms with E-state index < -0.39 is 4.92 Å². The Hall–Kier alpha value is -3.00. The minimum absolute atomic E-state index is 0.131. The van der Waals surface area contributed by atoms with E-state index >= 15 is 0 Å². The van der Waals surface area contributed by atoms with Crippen molar-refractivity contribution in [1.82, 2.24) is 19.5 Å². The van der Waals surface area contributed by atoms with Crippen LogP contribution in [0.25, 0.3) is 5.65 Å². The molecule has 1 saturated heterocycles. The minimum atomic E-state index is -0.476. The number of hydrogen-bond donors (Lipinski definition) is 1. The predicted octanol–water partition coefficient (Wildman–Crippen LogP) is 2.57. The Morgan fingerprint density at radius 3 is 2.81 bits per heavy atom. The van der Waals surface area contributed by atoms with Gasteiger partial charge < -0.3 is 15.4 Å². The van der Waals surface area contributed by atoms with Gasteiger partial charge in [0.2, 0.25) is 5.65 Å². The largest absolute Gasteiger partial charge is 0.368 e. The van der Waals surface area contributed by atoms with E-state index in [1.165, 1.54) is 16.3 Å². The Kier molecular flexibility index (Phi) is 4.26. The molecule has 1 aromatic carbocycles. The van der Waals surface area contributed by atoms with Crippen molar-refractivity contribution in [2.24, 2.45) is 5.92 Å². The van der Waals surface area contributed by atoms with E-state index in [0.29, 0.717) is 17.4 Å². The highest BCUT2D eigenvalue weighted by Gasteiger charge is 2.30. The first-order valence-electron chi connectivity index (χ1n) is 8.62. The Balaban J connectivity index is 1.47. The smallest absolute Gasteiger partial charge is 0.363 e. The molecule has 0 saturated carbocycles. The summed E-state index contributed by atoms with van der Waals surface area (Å²) < 4.78 is 1.27. The molecule has 0 aliphatic carbocycles. The Morgan fingerprint density at radius 2 is 2.04 bits per heavy atom. The van der Waals surface area contributed by atoms with Gasteiger partial charge in [-0.05, 0) is 22.5 Å². The highest BCUT2D eigenvalue weighted by Crippen LogP contribution is 2.22. The number of benzene rings is 1. The monoisotopic (exact) mass is 352 g/mol. The van der Waals surface area contributed by atoms with Crippen LogP contribution in [0.4, 0.5) is 11.6 Å². The van der Waals surface area contributed by atoms with Crippen molar-refractivity contribution in [3.05, 3.63) is 64.3 Å². The molecule has 0 amide bonds. The number of aromatic nitrogens is 3. The van der Waals surface area contributed by atoms with Crippen LogP contribution >= 0.6 is 0 Å². The second-order valence-corrected chi connectivity index (χ2v) is 6.77. The molecule has 3 heterocycles. The van der Waals surface area contributed by atoms with Gasteiger partial charge in [0, 0.05) is 31.7 Å². The molecule has 2 unspecified atom stereocenters. The minimum Gasteiger partial charge on any atom is -0.363 e. The van der Waals surface area contributed by atoms with Gasteiger partial charge in [-0.3, -0.25) is 4.90 Å². The van der Waals surface area contributed by atoms with Gasteiger partial charge in [0.1, 0.15) is 6.20 Å². The van der Waals surface area contributed by atoms with Crippen LogP contribution in [0.2, 0.25) is 0 Å². The normalized spacial score (nSPS) is 20.5. The van der Waals surface area contributed by atoms with Gasteiger partial charge in [-0.15, -0.1) is 0 Å². The number of nitrogens with zero attached hydrogens (tertiary/aromatic N) is 5. The number of likely N-dealkylation sites (tertiary alicyclic amines) is 1. The number of nitrogens with one attached hydrogen (secondary N) is 1. The van der Waals surface area contributed by atoms with E-state index in [9.17, 15) is 10.1 Å². The molecular formula is C18H20N6O2. The lowest BCUT2D eigenvalue weighted by molar-refractivity contribution is -0.391. The number of rotatable bonds is 5. The maximum Gasteiger partial charge on any atom is 0.368 e. The third-order valence-corrected chi connectivity index (χ3v) is 4.80. The summed E-state index contributed by atoms with van der Waals surface area (Å²) in [5, 5.41) is 18.9. The second-order valence-electron chi connectivity index (χ2n) is 6.77. The van der Waals surface area contributed by atoms with Crippen LogP contribution in [-0.4, -0.2) is 43.6 Å². The van der Waals surface area contributed by atoms with Crippen LogP contribution in [0.15, 0.2) is 48.7 Å². The molecular weight excluding hydrogens is 332 g/mol. The summed E-state index contributed by atoms with van der Waals surface area (Å²) in [7, 11) is 0. The summed E-state index contributed by atoms with van der Waals surface area (Å²) >= 11 is 0. The lowest BCUT2D eigenvalue weighted by atomic mass is 10.1. The molecule has 8 heteroatoms. The van der Waals surface area contributed by atoms with Crippen molar-refractivity contribution in [2.45, 2.75) is 19.5 Å². The summed E-state index contributed by atoms with van der Waals surface area (Å²) in [6.07, 6.45) is 1.23.